The Bertz CT molecular complexity index is 629. The van der Waals surface area contributed by atoms with Gasteiger partial charge in [-0.15, -0.1) is 0 Å². The fourth-order valence-electron chi connectivity index (χ4n) is 3.73. The average molecular weight is 318 g/mol. The van der Waals surface area contributed by atoms with E-state index in [1.54, 1.807) is 31.4 Å². The van der Waals surface area contributed by atoms with Crippen LogP contribution in [0.1, 0.15) is 38.7 Å². The summed E-state index contributed by atoms with van der Waals surface area (Å²) >= 11 is 0. The maximum atomic E-state index is 12.4. The number of aliphatic hydroxyl groups is 1. The van der Waals surface area contributed by atoms with Gasteiger partial charge in [0.1, 0.15) is 23.1 Å². The first kappa shape index (κ1) is 17.3. The largest absolute Gasteiger partial charge is 0.497 e. The number of ketones is 3. The van der Waals surface area contributed by atoms with Crippen molar-refractivity contribution in [2.24, 2.45) is 11.8 Å². The van der Waals surface area contributed by atoms with Crippen LogP contribution < -0.4 is 4.74 Å². The number of ether oxygens (including phenoxy) is 1. The smallest absolute Gasteiger partial charge is 0.146 e. The number of carbonyl (C=O) groups is 3. The van der Waals surface area contributed by atoms with Crippen molar-refractivity contribution in [3.05, 3.63) is 29.8 Å². The minimum Gasteiger partial charge on any atom is -0.497 e. The minimum atomic E-state index is -1.46. The maximum absolute atomic E-state index is 12.4. The standard InChI is InChI=1S/C18H22O5/c1-10(19)15-14(21)9-18(3,22)17(11(2)20)16(15)12-5-7-13(23-4)8-6-12/h5-8,15-17,22H,9H2,1-4H3/t15-,16+,17+,18+/m1/s1. The van der Waals surface area contributed by atoms with Crippen LogP contribution in [0.2, 0.25) is 0 Å². The number of Topliss-reactive ketones (excluding diaryl/α,β-unsaturated/α-hetero) is 3. The van der Waals surface area contributed by atoms with Gasteiger partial charge in [0.2, 0.25) is 0 Å². The Hall–Kier alpha value is -2.01. The van der Waals surface area contributed by atoms with Crippen LogP contribution in [-0.2, 0) is 14.4 Å². The molecule has 1 aliphatic carbocycles. The molecule has 0 bridgehead atoms. The molecule has 2 rings (SSSR count). The first-order valence-corrected chi connectivity index (χ1v) is 7.59. The zero-order valence-electron chi connectivity index (χ0n) is 13.8. The van der Waals surface area contributed by atoms with E-state index in [0.717, 1.165) is 0 Å². The fourth-order valence-corrected chi connectivity index (χ4v) is 3.73. The van der Waals surface area contributed by atoms with E-state index < -0.39 is 23.4 Å². The Morgan fingerprint density at radius 1 is 1.17 bits per heavy atom. The molecule has 0 amide bonds. The lowest BCUT2D eigenvalue weighted by molar-refractivity contribution is -0.151. The molecule has 1 saturated carbocycles. The van der Waals surface area contributed by atoms with Gasteiger partial charge in [-0.2, -0.15) is 0 Å². The van der Waals surface area contributed by atoms with Gasteiger partial charge in [-0.3, -0.25) is 14.4 Å². The Balaban J connectivity index is 2.58. The van der Waals surface area contributed by atoms with Gasteiger partial charge in [0, 0.05) is 12.3 Å². The summed E-state index contributed by atoms with van der Waals surface area (Å²) in [5.74, 6) is -2.55. The highest BCUT2D eigenvalue weighted by molar-refractivity contribution is 6.05. The lowest BCUT2D eigenvalue weighted by Gasteiger charge is -2.44. The highest BCUT2D eigenvalue weighted by Gasteiger charge is 2.53. The topological polar surface area (TPSA) is 80.7 Å². The van der Waals surface area contributed by atoms with E-state index in [-0.39, 0.29) is 23.8 Å². The SMILES string of the molecule is COc1ccc([C@H]2[C@H](C(C)=O)C(=O)C[C@](C)(O)[C@H]2C(C)=O)cc1. The number of hydrogen-bond donors (Lipinski definition) is 1. The molecule has 0 heterocycles. The zero-order valence-corrected chi connectivity index (χ0v) is 13.8. The van der Waals surface area contributed by atoms with E-state index in [2.05, 4.69) is 0 Å². The van der Waals surface area contributed by atoms with E-state index >= 15 is 0 Å². The van der Waals surface area contributed by atoms with Gasteiger partial charge in [0.05, 0.1) is 24.5 Å². The van der Waals surface area contributed by atoms with Crippen LogP contribution in [0.3, 0.4) is 0 Å². The quantitative estimate of drug-likeness (QED) is 0.858. The fraction of sp³-hybridized carbons (Fsp3) is 0.500. The van der Waals surface area contributed by atoms with Gasteiger partial charge in [-0.1, -0.05) is 12.1 Å². The van der Waals surface area contributed by atoms with Crippen LogP contribution in [0.5, 0.6) is 5.75 Å². The number of carbonyl (C=O) groups excluding carboxylic acids is 3. The average Bonchev–Trinajstić information content (AvgIpc) is 2.44. The normalized spacial score (nSPS) is 30.8. The summed E-state index contributed by atoms with van der Waals surface area (Å²) in [5.41, 5.74) is -0.779. The summed E-state index contributed by atoms with van der Waals surface area (Å²) < 4.78 is 5.12. The number of hydrogen-bond acceptors (Lipinski definition) is 5. The molecule has 1 aromatic rings. The molecule has 5 heteroatoms. The Morgan fingerprint density at radius 3 is 2.17 bits per heavy atom. The summed E-state index contributed by atoms with van der Waals surface area (Å²) in [4.78, 5) is 36.7. The molecule has 0 aliphatic heterocycles. The van der Waals surface area contributed by atoms with Crippen LogP contribution in [-0.4, -0.2) is 35.2 Å². The summed E-state index contributed by atoms with van der Waals surface area (Å²) in [6.07, 6.45) is -0.186. The van der Waals surface area contributed by atoms with Crippen LogP contribution in [0, 0.1) is 11.8 Å². The summed E-state index contributed by atoms with van der Waals surface area (Å²) in [6.45, 7) is 4.24. The number of rotatable bonds is 4. The molecular formula is C18H22O5. The van der Waals surface area contributed by atoms with Crippen LogP contribution in [0.25, 0.3) is 0 Å². The van der Waals surface area contributed by atoms with Gasteiger partial charge in [-0.05, 0) is 38.5 Å². The molecule has 0 aromatic heterocycles. The van der Waals surface area contributed by atoms with E-state index in [4.69, 9.17) is 4.74 Å². The second-order valence-electron chi connectivity index (χ2n) is 6.48. The lowest BCUT2D eigenvalue weighted by Crippen LogP contribution is -2.53. The van der Waals surface area contributed by atoms with Crippen molar-refractivity contribution in [3.8, 4) is 5.75 Å². The molecule has 0 saturated heterocycles. The molecule has 5 nitrogen and oxygen atoms in total. The molecule has 1 aliphatic rings. The van der Waals surface area contributed by atoms with E-state index in [9.17, 15) is 19.5 Å². The van der Waals surface area contributed by atoms with Crippen molar-refractivity contribution in [3.63, 3.8) is 0 Å². The molecule has 1 fully saturated rings. The van der Waals surface area contributed by atoms with Crippen molar-refractivity contribution in [1.29, 1.82) is 0 Å². The second kappa shape index (κ2) is 6.24. The highest BCUT2D eigenvalue weighted by Crippen LogP contribution is 2.46. The first-order valence-electron chi connectivity index (χ1n) is 7.59. The van der Waals surface area contributed by atoms with Crippen molar-refractivity contribution < 1.29 is 24.2 Å². The third kappa shape index (κ3) is 3.20. The van der Waals surface area contributed by atoms with Gasteiger partial charge in [0.15, 0.2) is 0 Å². The predicted octanol–water partition coefficient (Wildman–Crippen LogP) is 1.91. The van der Waals surface area contributed by atoms with Gasteiger partial charge >= 0.3 is 0 Å². The van der Waals surface area contributed by atoms with E-state index in [0.29, 0.717) is 11.3 Å². The summed E-state index contributed by atoms with van der Waals surface area (Å²) in [6, 6.07) is 6.92. The maximum Gasteiger partial charge on any atom is 0.146 e. The minimum absolute atomic E-state index is 0.186. The monoisotopic (exact) mass is 318 g/mol. The molecule has 1 aromatic carbocycles. The number of benzene rings is 1. The summed E-state index contributed by atoms with van der Waals surface area (Å²) in [5, 5.41) is 10.6. The zero-order chi connectivity index (χ0) is 17.4. The summed E-state index contributed by atoms with van der Waals surface area (Å²) in [7, 11) is 1.54. The molecule has 0 radical (unpaired) electrons. The van der Waals surface area contributed by atoms with Crippen molar-refractivity contribution in [2.45, 2.75) is 38.7 Å². The lowest BCUT2D eigenvalue weighted by atomic mass is 9.60. The van der Waals surface area contributed by atoms with E-state index in [1.165, 1.54) is 20.8 Å². The third-order valence-electron chi connectivity index (χ3n) is 4.64. The molecule has 23 heavy (non-hydrogen) atoms. The van der Waals surface area contributed by atoms with Gasteiger partial charge < -0.3 is 9.84 Å². The second-order valence-corrected chi connectivity index (χ2v) is 6.48. The van der Waals surface area contributed by atoms with Crippen LogP contribution >= 0.6 is 0 Å². The van der Waals surface area contributed by atoms with E-state index in [1.807, 2.05) is 0 Å². The van der Waals surface area contributed by atoms with Gasteiger partial charge in [-0.25, -0.2) is 0 Å². The molecule has 1 N–H and O–H groups in total. The Morgan fingerprint density at radius 2 is 1.74 bits per heavy atom. The van der Waals surface area contributed by atoms with Crippen LogP contribution in [0.15, 0.2) is 24.3 Å². The Kier molecular flexibility index (Phi) is 4.71. The molecule has 0 spiro atoms. The predicted molar refractivity (Wildman–Crippen MR) is 84.3 cm³/mol. The first-order chi connectivity index (χ1) is 10.7. The van der Waals surface area contributed by atoms with Crippen molar-refractivity contribution in [2.75, 3.05) is 7.11 Å². The molecule has 4 atom stereocenters. The van der Waals surface area contributed by atoms with Gasteiger partial charge in [0.25, 0.3) is 0 Å². The van der Waals surface area contributed by atoms with Crippen molar-refractivity contribution in [1.82, 2.24) is 0 Å². The Labute approximate surface area is 135 Å². The highest BCUT2D eigenvalue weighted by atomic mass is 16.5. The molecule has 0 unspecified atom stereocenters. The third-order valence-corrected chi connectivity index (χ3v) is 4.64. The molecule has 124 valence electrons. The van der Waals surface area contributed by atoms with Crippen LogP contribution in [0.4, 0.5) is 0 Å². The van der Waals surface area contributed by atoms with Crippen molar-refractivity contribution >= 4 is 17.3 Å². The molecular weight excluding hydrogens is 296 g/mol. The number of methoxy groups -OCH3 is 1.